The lowest BCUT2D eigenvalue weighted by Crippen LogP contribution is -2.43. The maximum Gasteiger partial charge on any atom is 0.0530 e. The topological polar surface area (TPSA) is 12.5 Å². The summed E-state index contributed by atoms with van der Waals surface area (Å²) in [5, 5.41) is 0. The Bertz CT molecular complexity index is 185. The zero-order valence-electron chi connectivity index (χ0n) is 11.6. The maximum absolute atomic E-state index is 5.48. The van der Waals surface area contributed by atoms with E-state index >= 15 is 0 Å². The monoisotopic (exact) mass is 227 g/mol. The van der Waals surface area contributed by atoms with Crippen molar-refractivity contribution in [1.29, 1.82) is 0 Å². The first-order valence-electron chi connectivity index (χ1n) is 6.87. The van der Waals surface area contributed by atoms with Gasteiger partial charge < -0.3 is 9.64 Å². The van der Waals surface area contributed by atoms with Gasteiger partial charge in [-0.1, -0.05) is 33.6 Å². The SMILES string of the molecule is CCN(CC)CC(C)(COC)C1CCCC1. The van der Waals surface area contributed by atoms with Crippen LogP contribution in [0, 0.1) is 11.3 Å². The largest absolute Gasteiger partial charge is 0.384 e. The molecule has 0 bridgehead atoms. The van der Waals surface area contributed by atoms with Crippen molar-refractivity contribution in [2.45, 2.75) is 46.5 Å². The molecule has 1 aliphatic carbocycles. The minimum absolute atomic E-state index is 0.358. The Morgan fingerprint density at radius 2 is 1.75 bits per heavy atom. The summed E-state index contributed by atoms with van der Waals surface area (Å²) in [6.07, 6.45) is 5.65. The average Bonchev–Trinajstić information content (AvgIpc) is 2.80. The lowest BCUT2D eigenvalue weighted by molar-refractivity contribution is 0.0181. The highest BCUT2D eigenvalue weighted by atomic mass is 16.5. The van der Waals surface area contributed by atoms with E-state index in [9.17, 15) is 0 Å². The average molecular weight is 227 g/mol. The summed E-state index contributed by atoms with van der Waals surface area (Å²) in [6.45, 7) is 11.3. The molecule has 0 N–H and O–H groups in total. The molecule has 1 aliphatic rings. The van der Waals surface area contributed by atoms with Crippen LogP contribution in [-0.4, -0.2) is 38.3 Å². The second-order valence-electron chi connectivity index (χ2n) is 5.53. The van der Waals surface area contributed by atoms with Gasteiger partial charge in [-0.3, -0.25) is 0 Å². The summed E-state index contributed by atoms with van der Waals surface area (Å²) in [6, 6.07) is 0. The molecule has 1 saturated carbocycles. The number of ether oxygens (including phenoxy) is 1. The molecule has 0 radical (unpaired) electrons. The van der Waals surface area contributed by atoms with Crippen molar-refractivity contribution < 1.29 is 4.74 Å². The fourth-order valence-electron chi connectivity index (χ4n) is 3.20. The Morgan fingerprint density at radius 1 is 1.19 bits per heavy atom. The molecule has 0 spiro atoms. The van der Waals surface area contributed by atoms with Crippen LogP contribution in [-0.2, 0) is 4.74 Å². The van der Waals surface area contributed by atoms with Crippen LogP contribution in [0.3, 0.4) is 0 Å². The Hall–Kier alpha value is -0.0800. The quantitative estimate of drug-likeness (QED) is 0.662. The van der Waals surface area contributed by atoms with E-state index in [1.54, 1.807) is 0 Å². The molecule has 1 rings (SSSR count). The van der Waals surface area contributed by atoms with Gasteiger partial charge in [0.2, 0.25) is 0 Å². The van der Waals surface area contributed by atoms with Gasteiger partial charge in [-0.25, -0.2) is 0 Å². The van der Waals surface area contributed by atoms with Crippen molar-refractivity contribution in [2.24, 2.45) is 11.3 Å². The number of nitrogens with zero attached hydrogens (tertiary/aromatic N) is 1. The minimum atomic E-state index is 0.358. The van der Waals surface area contributed by atoms with E-state index in [4.69, 9.17) is 4.74 Å². The van der Waals surface area contributed by atoms with Crippen molar-refractivity contribution in [3.05, 3.63) is 0 Å². The van der Waals surface area contributed by atoms with E-state index in [0.717, 1.165) is 25.6 Å². The molecule has 0 aromatic carbocycles. The van der Waals surface area contributed by atoms with Crippen LogP contribution in [0.1, 0.15) is 46.5 Å². The Kier molecular flexibility index (Phi) is 5.77. The Balaban J connectivity index is 2.62. The third kappa shape index (κ3) is 3.46. The highest BCUT2D eigenvalue weighted by molar-refractivity contribution is 4.88. The smallest absolute Gasteiger partial charge is 0.0530 e. The van der Waals surface area contributed by atoms with Crippen LogP contribution < -0.4 is 0 Å². The summed E-state index contributed by atoms with van der Waals surface area (Å²) >= 11 is 0. The number of rotatable bonds is 7. The van der Waals surface area contributed by atoms with Gasteiger partial charge in [0.1, 0.15) is 0 Å². The number of hydrogen-bond acceptors (Lipinski definition) is 2. The molecule has 0 heterocycles. The van der Waals surface area contributed by atoms with Crippen molar-refractivity contribution in [1.82, 2.24) is 4.90 Å². The van der Waals surface area contributed by atoms with E-state index in [0.29, 0.717) is 5.41 Å². The Labute approximate surface area is 101 Å². The fourth-order valence-corrected chi connectivity index (χ4v) is 3.20. The summed E-state index contributed by atoms with van der Waals surface area (Å²) in [7, 11) is 1.84. The van der Waals surface area contributed by atoms with E-state index in [-0.39, 0.29) is 0 Å². The summed E-state index contributed by atoms with van der Waals surface area (Å²) in [5.41, 5.74) is 0.358. The molecule has 1 unspecified atom stereocenters. The summed E-state index contributed by atoms with van der Waals surface area (Å²) in [5.74, 6) is 0.869. The molecule has 0 aromatic rings. The molecule has 0 saturated heterocycles. The highest BCUT2D eigenvalue weighted by Gasteiger charge is 2.36. The maximum atomic E-state index is 5.48. The molecular formula is C14H29NO. The second kappa shape index (κ2) is 6.61. The summed E-state index contributed by atoms with van der Waals surface area (Å²) < 4.78 is 5.48. The zero-order valence-corrected chi connectivity index (χ0v) is 11.6. The van der Waals surface area contributed by atoms with Gasteiger partial charge in [-0.2, -0.15) is 0 Å². The molecule has 2 nitrogen and oxygen atoms in total. The van der Waals surface area contributed by atoms with Crippen LogP contribution in [0.25, 0.3) is 0 Å². The van der Waals surface area contributed by atoms with Gasteiger partial charge in [0.25, 0.3) is 0 Å². The molecule has 0 amide bonds. The van der Waals surface area contributed by atoms with E-state index < -0.39 is 0 Å². The zero-order chi connectivity index (χ0) is 12.0. The van der Waals surface area contributed by atoms with Crippen LogP contribution in [0.4, 0.5) is 0 Å². The first-order chi connectivity index (χ1) is 7.66. The van der Waals surface area contributed by atoms with Crippen molar-refractivity contribution >= 4 is 0 Å². The third-order valence-corrected chi connectivity index (χ3v) is 4.29. The van der Waals surface area contributed by atoms with Gasteiger partial charge in [0.05, 0.1) is 6.61 Å². The van der Waals surface area contributed by atoms with E-state index in [1.165, 1.54) is 32.2 Å². The van der Waals surface area contributed by atoms with Crippen LogP contribution in [0.2, 0.25) is 0 Å². The molecule has 16 heavy (non-hydrogen) atoms. The Morgan fingerprint density at radius 3 is 2.19 bits per heavy atom. The van der Waals surface area contributed by atoms with Gasteiger partial charge in [0.15, 0.2) is 0 Å². The molecule has 1 fully saturated rings. The van der Waals surface area contributed by atoms with E-state index in [2.05, 4.69) is 25.7 Å². The highest BCUT2D eigenvalue weighted by Crippen LogP contribution is 2.40. The normalized spacial score (nSPS) is 21.6. The molecule has 1 atom stereocenters. The van der Waals surface area contributed by atoms with Crippen molar-refractivity contribution in [3.8, 4) is 0 Å². The lowest BCUT2D eigenvalue weighted by atomic mass is 9.76. The van der Waals surface area contributed by atoms with Crippen LogP contribution in [0.15, 0.2) is 0 Å². The number of methoxy groups -OCH3 is 1. The molecular weight excluding hydrogens is 198 g/mol. The standard InChI is InChI=1S/C14H29NO/c1-5-15(6-2)11-14(3,12-16-4)13-9-7-8-10-13/h13H,5-12H2,1-4H3. The predicted molar refractivity (Wildman–Crippen MR) is 69.7 cm³/mol. The van der Waals surface area contributed by atoms with Crippen molar-refractivity contribution in [3.63, 3.8) is 0 Å². The van der Waals surface area contributed by atoms with Crippen molar-refractivity contribution in [2.75, 3.05) is 33.4 Å². The van der Waals surface area contributed by atoms with Gasteiger partial charge >= 0.3 is 0 Å². The molecule has 0 aromatic heterocycles. The van der Waals surface area contributed by atoms with Gasteiger partial charge in [-0.05, 0) is 31.8 Å². The summed E-state index contributed by atoms with van der Waals surface area (Å²) in [4.78, 5) is 2.54. The third-order valence-electron chi connectivity index (χ3n) is 4.29. The number of hydrogen-bond donors (Lipinski definition) is 0. The van der Waals surface area contributed by atoms with Gasteiger partial charge in [0, 0.05) is 19.1 Å². The molecule has 0 aliphatic heterocycles. The predicted octanol–water partition coefficient (Wildman–Crippen LogP) is 3.17. The van der Waals surface area contributed by atoms with Crippen LogP contribution in [0.5, 0.6) is 0 Å². The fraction of sp³-hybridized carbons (Fsp3) is 1.00. The molecule has 2 heteroatoms. The van der Waals surface area contributed by atoms with Gasteiger partial charge in [-0.15, -0.1) is 0 Å². The first kappa shape index (κ1) is 14.0. The second-order valence-corrected chi connectivity index (χ2v) is 5.53. The lowest BCUT2D eigenvalue weighted by Gasteiger charge is -2.39. The minimum Gasteiger partial charge on any atom is -0.384 e. The van der Waals surface area contributed by atoms with Crippen LogP contribution >= 0.6 is 0 Å². The van der Waals surface area contributed by atoms with E-state index in [1.807, 2.05) is 7.11 Å². The first-order valence-corrected chi connectivity index (χ1v) is 6.87. The molecule has 96 valence electrons.